The third-order valence-corrected chi connectivity index (χ3v) is 5.76. The Hall–Kier alpha value is -0.470. The molecular formula is C15H33N3O3S2. The van der Waals surface area contributed by atoms with Gasteiger partial charge in [-0.15, -0.1) is 0 Å². The number of hydrogen-bond donors (Lipinski definition) is 3. The third-order valence-electron chi connectivity index (χ3n) is 3.72. The zero-order valence-electron chi connectivity index (χ0n) is 14.3. The molecule has 0 aliphatic heterocycles. The van der Waals surface area contributed by atoms with Crippen molar-refractivity contribution in [3.63, 3.8) is 0 Å². The van der Waals surface area contributed by atoms with E-state index in [0.29, 0.717) is 23.9 Å². The van der Waals surface area contributed by atoms with Gasteiger partial charge in [0.05, 0.1) is 0 Å². The highest BCUT2D eigenvalue weighted by molar-refractivity contribution is 8.69. The summed E-state index contributed by atoms with van der Waals surface area (Å²) in [6.07, 6.45) is 12.5. The van der Waals surface area contributed by atoms with Crippen LogP contribution in [0.4, 0.5) is 0 Å². The molecule has 0 spiro atoms. The van der Waals surface area contributed by atoms with Crippen LogP contribution in [0.25, 0.3) is 0 Å². The Labute approximate surface area is 145 Å². The first-order valence-electron chi connectivity index (χ1n) is 8.57. The molecule has 8 heteroatoms. The van der Waals surface area contributed by atoms with Gasteiger partial charge in [-0.1, -0.05) is 64.7 Å². The lowest BCUT2D eigenvalue weighted by Gasteiger charge is -2.22. The SMILES string of the molecule is CCCCCCCCCCCCN(CCSS(=O)(=O)O)C(=N)N. The van der Waals surface area contributed by atoms with Crippen LogP contribution in [0.3, 0.4) is 0 Å². The van der Waals surface area contributed by atoms with Crippen LogP contribution >= 0.6 is 10.8 Å². The van der Waals surface area contributed by atoms with Crippen LogP contribution in [0, 0.1) is 5.41 Å². The van der Waals surface area contributed by atoms with Gasteiger partial charge in [0.2, 0.25) is 0 Å². The Morgan fingerprint density at radius 2 is 1.48 bits per heavy atom. The number of unbranched alkanes of at least 4 members (excludes halogenated alkanes) is 9. The van der Waals surface area contributed by atoms with Crippen molar-refractivity contribution in [3.05, 3.63) is 0 Å². The van der Waals surface area contributed by atoms with E-state index < -0.39 is 9.15 Å². The van der Waals surface area contributed by atoms with E-state index in [1.54, 1.807) is 4.90 Å². The largest absolute Gasteiger partial charge is 0.370 e. The molecule has 0 unspecified atom stereocenters. The molecule has 23 heavy (non-hydrogen) atoms. The van der Waals surface area contributed by atoms with Gasteiger partial charge in [0.15, 0.2) is 5.96 Å². The first kappa shape index (κ1) is 22.5. The zero-order valence-corrected chi connectivity index (χ0v) is 15.9. The molecule has 6 nitrogen and oxygen atoms in total. The lowest BCUT2D eigenvalue weighted by atomic mass is 10.1. The predicted octanol–water partition coefficient (Wildman–Crippen LogP) is 3.64. The fraction of sp³-hybridized carbons (Fsp3) is 0.933. The van der Waals surface area contributed by atoms with Crippen LogP contribution in [0.5, 0.6) is 0 Å². The highest BCUT2D eigenvalue weighted by atomic mass is 33.1. The molecular weight excluding hydrogens is 334 g/mol. The van der Waals surface area contributed by atoms with Crippen LogP contribution in [-0.2, 0) is 9.15 Å². The lowest BCUT2D eigenvalue weighted by molar-refractivity contribution is 0.413. The van der Waals surface area contributed by atoms with E-state index in [0.717, 1.165) is 12.8 Å². The molecule has 0 aliphatic carbocycles. The second-order valence-electron chi connectivity index (χ2n) is 5.80. The van der Waals surface area contributed by atoms with E-state index in [1.165, 1.54) is 51.4 Å². The zero-order chi connectivity index (χ0) is 17.6. The summed E-state index contributed by atoms with van der Waals surface area (Å²) in [5.41, 5.74) is 5.49. The first-order valence-corrected chi connectivity index (χ1v) is 11.5. The van der Waals surface area contributed by atoms with Crippen molar-refractivity contribution in [2.24, 2.45) is 5.73 Å². The number of nitrogens with zero attached hydrogens (tertiary/aromatic N) is 1. The van der Waals surface area contributed by atoms with Gasteiger partial charge in [-0.3, -0.25) is 9.96 Å². The molecule has 0 atom stereocenters. The molecule has 0 radical (unpaired) electrons. The third kappa shape index (κ3) is 16.2. The Morgan fingerprint density at radius 1 is 1.00 bits per heavy atom. The summed E-state index contributed by atoms with van der Waals surface area (Å²) in [5.74, 6) is 0.160. The van der Waals surface area contributed by atoms with E-state index in [4.69, 9.17) is 15.7 Å². The van der Waals surface area contributed by atoms with Gasteiger partial charge in [-0.25, -0.2) is 0 Å². The van der Waals surface area contributed by atoms with E-state index in [1.807, 2.05) is 0 Å². The molecule has 4 N–H and O–H groups in total. The molecule has 0 aromatic heterocycles. The van der Waals surface area contributed by atoms with Crippen LogP contribution in [0.2, 0.25) is 0 Å². The first-order chi connectivity index (χ1) is 10.9. The number of guanidine groups is 1. The van der Waals surface area contributed by atoms with E-state index >= 15 is 0 Å². The number of hydrogen-bond acceptors (Lipinski definition) is 4. The van der Waals surface area contributed by atoms with Crippen molar-refractivity contribution < 1.29 is 13.0 Å². The number of nitrogens with two attached hydrogens (primary N) is 1. The van der Waals surface area contributed by atoms with E-state index in [-0.39, 0.29) is 11.7 Å². The van der Waals surface area contributed by atoms with E-state index in [9.17, 15) is 8.42 Å². The van der Waals surface area contributed by atoms with Crippen molar-refractivity contribution in [2.75, 3.05) is 18.8 Å². The normalized spacial score (nSPS) is 11.6. The fourth-order valence-electron chi connectivity index (χ4n) is 2.40. The standard InChI is InChI=1S/C15H33N3O3S2/c1-2-3-4-5-6-7-8-9-10-11-12-18(15(16)17)13-14-22-23(19,20)21/h2-14H2,1H3,(H3,16,17)(H,19,20,21). The van der Waals surface area contributed by atoms with Crippen LogP contribution in [-0.4, -0.2) is 42.7 Å². The second kappa shape index (κ2) is 13.9. The molecule has 0 saturated heterocycles. The summed E-state index contributed by atoms with van der Waals surface area (Å²) in [6, 6.07) is 0. The topological polar surface area (TPSA) is 107 Å². The van der Waals surface area contributed by atoms with Crippen molar-refractivity contribution in [1.29, 1.82) is 5.41 Å². The average Bonchev–Trinajstić information content (AvgIpc) is 2.45. The maximum atomic E-state index is 10.6. The van der Waals surface area contributed by atoms with Crippen molar-refractivity contribution >= 4 is 25.9 Å². The van der Waals surface area contributed by atoms with Gasteiger partial charge in [-0.05, 0) is 17.2 Å². The minimum absolute atomic E-state index is 0.0446. The highest BCUT2D eigenvalue weighted by Gasteiger charge is 2.10. The predicted molar refractivity (Wildman–Crippen MR) is 99.3 cm³/mol. The monoisotopic (exact) mass is 367 g/mol. The summed E-state index contributed by atoms with van der Waals surface area (Å²) in [5, 5.41) is 7.50. The fourth-order valence-corrected chi connectivity index (χ4v) is 3.76. The van der Waals surface area contributed by atoms with Crippen LogP contribution in [0.15, 0.2) is 0 Å². The molecule has 0 rings (SSSR count). The molecule has 0 bridgehead atoms. The van der Waals surface area contributed by atoms with Gasteiger partial charge in [0.1, 0.15) is 0 Å². The number of rotatable bonds is 15. The maximum absolute atomic E-state index is 10.6. The highest BCUT2D eigenvalue weighted by Crippen LogP contribution is 2.12. The van der Waals surface area contributed by atoms with Gasteiger partial charge < -0.3 is 10.6 Å². The molecule has 0 aromatic rings. The van der Waals surface area contributed by atoms with E-state index in [2.05, 4.69) is 6.92 Å². The maximum Gasteiger partial charge on any atom is 0.319 e. The van der Waals surface area contributed by atoms with Gasteiger partial charge in [0.25, 0.3) is 0 Å². The molecule has 0 heterocycles. The van der Waals surface area contributed by atoms with Crippen molar-refractivity contribution in [3.8, 4) is 0 Å². The minimum atomic E-state index is -4.01. The summed E-state index contributed by atoms with van der Waals surface area (Å²) >= 11 is 0. The Morgan fingerprint density at radius 3 is 1.91 bits per heavy atom. The van der Waals surface area contributed by atoms with Gasteiger partial charge in [0, 0.05) is 18.8 Å². The molecule has 0 aromatic carbocycles. The Bertz CT molecular complexity index is 403. The molecule has 0 aliphatic rings. The van der Waals surface area contributed by atoms with Crippen molar-refractivity contribution in [1.82, 2.24) is 4.90 Å². The summed E-state index contributed by atoms with van der Waals surface area (Å²) < 4.78 is 29.9. The minimum Gasteiger partial charge on any atom is -0.370 e. The number of nitrogens with one attached hydrogen (secondary N) is 1. The summed E-state index contributed by atoms with van der Waals surface area (Å²) in [7, 11) is -3.54. The van der Waals surface area contributed by atoms with Gasteiger partial charge in [-0.2, -0.15) is 8.42 Å². The summed E-state index contributed by atoms with van der Waals surface area (Å²) in [6.45, 7) is 3.25. The Kier molecular flexibility index (Phi) is 13.6. The van der Waals surface area contributed by atoms with Crippen molar-refractivity contribution in [2.45, 2.75) is 71.1 Å². The molecule has 138 valence electrons. The van der Waals surface area contributed by atoms with Gasteiger partial charge >= 0.3 is 9.15 Å². The molecule has 0 fully saturated rings. The molecule has 0 saturated carbocycles. The average molecular weight is 368 g/mol. The second-order valence-corrected chi connectivity index (χ2v) is 9.27. The Balaban J connectivity index is 3.59. The smallest absolute Gasteiger partial charge is 0.319 e. The lowest BCUT2D eigenvalue weighted by Crippen LogP contribution is -2.38. The molecule has 0 amide bonds. The van der Waals surface area contributed by atoms with Crippen LogP contribution in [0.1, 0.15) is 71.1 Å². The quantitative estimate of drug-likeness (QED) is 0.134. The van der Waals surface area contributed by atoms with Crippen LogP contribution < -0.4 is 5.73 Å². The summed E-state index contributed by atoms with van der Waals surface area (Å²) in [4.78, 5) is 1.66.